The van der Waals surface area contributed by atoms with Crippen LogP contribution in [0.4, 0.5) is 0 Å². The summed E-state index contributed by atoms with van der Waals surface area (Å²) in [6.07, 6.45) is 0.379. The molecule has 0 bridgehead atoms. The number of nitrogens with zero attached hydrogens (tertiary/aromatic N) is 1. The van der Waals surface area contributed by atoms with Gasteiger partial charge in [-0.15, -0.1) is 0 Å². The minimum Gasteiger partial charge on any atom is -0.359 e. The highest BCUT2D eigenvalue weighted by Gasteiger charge is 2.34. The molecule has 0 aromatic rings. The van der Waals surface area contributed by atoms with E-state index in [1.54, 1.807) is 7.11 Å². The lowest BCUT2D eigenvalue weighted by Crippen LogP contribution is -2.59. The summed E-state index contributed by atoms with van der Waals surface area (Å²) in [6.45, 7) is 9.15. The van der Waals surface area contributed by atoms with E-state index in [1.165, 1.54) is 0 Å². The van der Waals surface area contributed by atoms with Crippen molar-refractivity contribution in [1.29, 1.82) is 0 Å². The molecule has 1 aliphatic rings. The SMILES string of the molecule is COCOC1CN(C(C)(C)C)C1. The van der Waals surface area contributed by atoms with Gasteiger partial charge in [0.15, 0.2) is 0 Å². The highest BCUT2D eigenvalue weighted by Crippen LogP contribution is 2.22. The molecule has 1 saturated heterocycles. The lowest BCUT2D eigenvalue weighted by atomic mass is 9.99. The van der Waals surface area contributed by atoms with Crippen LogP contribution in [0.25, 0.3) is 0 Å². The molecule has 1 heterocycles. The Labute approximate surface area is 74.6 Å². The summed E-state index contributed by atoms with van der Waals surface area (Å²) in [7, 11) is 1.65. The fourth-order valence-corrected chi connectivity index (χ4v) is 1.26. The van der Waals surface area contributed by atoms with E-state index in [0.717, 1.165) is 13.1 Å². The molecule has 0 N–H and O–H groups in total. The van der Waals surface area contributed by atoms with E-state index in [0.29, 0.717) is 12.9 Å². The number of likely N-dealkylation sites (tertiary alicyclic amines) is 1. The van der Waals surface area contributed by atoms with Gasteiger partial charge in [-0.1, -0.05) is 0 Å². The summed E-state index contributed by atoms with van der Waals surface area (Å²) < 4.78 is 10.2. The van der Waals surface area contributed by atoms with Crippen LogP contribution in [0, 0.1) is 0 Å². The molecule has 12 heavy (non-hydrogen) atoms. The molecule has 0 saturated carbocycles. The van der Waals surface area contributed by atoms with E-state index in [1.807, 2.05) is 0 Å². The Morgan fingerprint density at radius 2 is 1.92 bits per heavy atom. The van der Waals surface area contributed by atoms with Crippen LogP contribution in [0.1, 0.15) is 20.8 Å². The van der Waals surface area contributed by atoms with Crippen LogP contribution in [-0.4, -0.2) is 43.5 Å². The summed E-state index contributed by atoms with van der Waals surface area (Å²) in [4.78, 5) is 2.40. The Morgan fingerprint density at radius 3 is 2.33 bits per heavy atom. The molecule has 1 fully saturated rings. The van der Waals surface area contributed by atoms with Gasteiger partial charge in [-0.05, 0) is 20.8 Å². The third-order valence-corrected chi connectivity index (χ3v) is 2.22. The highest BCUT2D eigenvalue weighted by molar-refractivity contribution is 4.89. The van der Waals surface area contributed by atoms with Gasteiger partial charge in [0.25, 0.3) is 0 Å². The van der Waals surface area contributed by atoms with Gasteiger partial charge in [-0.3, -0.25) is 4.90 Å². The van der Waals surface area contributed by atoms with Gasteiger partial charge >= 0.3 is 0 Å². The number of ether oxygens (including phenoxy) is 2. The van der Waals surface area contributed by atoms with Crippen molar-refractivity contribution >= 4 is 0 Å². The van der Waals surface area contributed by atoms with Gasteiger partial charge in [-0.25, -0.2) is 0 Å². The molecule has 0 atom stereocenters. The summed E-state index contributed by atoms with van der Waals surface area (Å²) in [6, 6.07) is 0. The second-order valence-electron chi connectivity index (χ2n) is 4.27. The first-order valence-electron chi connectivity index (χ1n) is 4.39. The van der Waals surface area contributed by atoms with Gasteiger partial charge in [0.1, 0.15) is 6.79 Å². The summed E-state index contributed by atoms with van der Waals surface area (Å²) in [5.74, 6) is 0. The van der Waals surface area contributed by atoms with Crippen LogP contribution in [0.3, 0.4) is 0 Å². The topological polar surface area (TPSA) is 21.7 Å². The molecule has 0 spiro atoms. The van der Waals surface area contributed by atoms with E-state index in [4.69, 9.17) is 9.47 Å². The molecule has 0 aromatic carbocycles. The Morgan fingerprint density at radius 1 is 1.33 bits per heavy atom. The van der Waals surface area contributed by atoms with Crippen LogP contribution in [0.15, 0.2) is 0 Å². The van der Waals surface area contributed by atoms with Gasteiger partial charge in [-0.2, -0.15) is 0 Å². The normalized spacial score (nSPS) is 21.0. The number of hydrogen-bond donors (Lipinski definition) is 0. The molecule has 0 amide bonds. The average Bonchev–Trinajstić information content (AvgIpc) is 1.81. The lowest BCUT2D eigenvalue weighted by molar-refractivity contribution is -0.141. The maximum absolute atomic E-state index is 5.39. The molecule has 1 aliphatic heterocycles. The molecule has 72 valence electrons. The Bertz CT molecular complexity index is 136. The second kappa shape index (κ2) is 3.73. The zero-order chi connectivity index (χ0) is 9.19. The molecule has 0 radical (unpaired) electrons. The van der Waals surface area contributed by atoms with Crippen LogP contribution in [0.5, 0.6) is 0 Å². The smallest absolute Gasteiger partial charge is 0.146 e. The second-order valence-corrected chi connectivity index (χ2v) is 4.27. The lowest BCUT2D eigenvalue weighted by Gasteiger charge is -2.47. The zero-order valence-electron chi connectivity index (χ0n) is 8.46. The van der Waals surface area contributed by atoms with Crippen LogP contribution in [-0.2, 0) is 9.47 Å². The predicted molar refractivity (Wildman–Crippen MR) is 48.1 cm³/mol. The highest BCUT2D eigenvalue weighted by atomic mass is 16.7. The van der Waals surface area contributed by atoms with Gasteiger partial charge < -0.3 is 9.47 Å². The standard InChI is InChI=1S/C9H19NO2/c1-9(2,3)10-5-8(6-10)12-7-11-4/h8H,5-7H2,1-4H3. The largest absolute Gasteiger partial charge is 0.359 e. The monoisotopic (exact) mass is 173 g/mol. The van der Waals surface area contributed by atoms with Gasteiger partial charge in [0, 0.05) is 25.7 Å². The Kier molecular flexibility index (Phi) is 3.09. The Balaban J connectivity index is 2.12. The fourth-order valence-electron chi connectivity index (χ4n) is 1.26. The first-order chi connectivity index (χ1) is 5.54. The van der Waals surface area contributed by atoms with Crippen molar-refractivity contribution < 1.29 is 9.47 Å². The summed E-state index contributed by atoms with van der Waals surface area (Å²) >= 11 is 0. The molecule has 0 unspecified atom stereocenters. The van der Waals surface area contributed by atoms with Crippen molar-refractivity contribution in [3.05, 3.63) is 0 Å². The van der Waals surface area contributed by atoms with E-state index in [2.05, 4.69) is 25.7 Å². The summed E-state index contributed by atoms with van der Waals surface area (Å²) in [5.41, 5.74) is 0.285. The third-order valence-electron chi connectivity index (χ3n) is 2.22. The van der Waals surface area contributed by atoms with E-state index in [-0.39, 0.29) is 5.54 Å². The predicted octanol–water partition coefficient (Wildman–Crippen LogP) is 1.09. The minimum atomic E-state index is 0.285. The molecule has 0 aromatic heterocycles. The first kappa shape index (κ1) is 9.96. The molecule has 0 aliphatic carbocycles. The molecular formula is C9H19NO2. The quantitative estimate of drug-likeness (QED) is 0.596. The van der Waals surface area contributed by atoms with Crippen LogP contribution < -0.4 is 0 Å². The van der Waals surface area contributed by atoms with Crippen molar-refractivity contribution in [3.8, 4) is 0 Å². The first-order valence-corrected chi connectivity index (χ1v) is 4.39. The van der Waals surface area contributed by atoms with Gasteiger partial charge in [0.2, 0.25) is 0 Å². The van der Waals surface area contributed by atoms with E-state index in [9.17, 15) is 0 Å². The van der Waals surface area contributed by atoms with Crippen molar-refractivity contribution in [2.75, 3.05) is 27.0 Å². The van der Waals surface area contributed by atoms with Crippen molar-refractivity contribution in [2.45, 2.75) is 32.4 Å². The maximum Gasteiger partial charge on any atom is 0.146 e. The molecule has 1 rings (SSSR count). The summed E-state index contributed by atoms with van der Waals surface area (Å²) in [5, 5.41) is 0. The average molecular weight is 173 g/mol. The Hall–Kier alpha value is -0.120. The molecule has 3 heteroatoms. The molecular weight excluding hydrogens is 154 g/mol. The minimum absolute atomic E-state index is 0.285. The van der Waals surface area contributed by atoms with Gasteiger partial charge in [0.05, 0.1) is 6.10 Å². The third kappa shape index (κ3) is 2.44. The maximum atomic E-state index is 5.39. The fraction of sp³-hybridized carbons (Fsp3) is 1.00. The number of hydrogen-bond acceptors (Lipinski definition) is 3. The van der Waals surface area contributed by atoms with E-state index >= 15 is 0 Å². The van der Waals surface area contributed by atoms with Crippen molar-refractivity contribution in [1.82, 2.24) is 4.90 Å². The van der Waals surface area contributed by atoms with E-state index < -0.39 is 0 Å². The number of rotatable bonds is 3. The van der Waals surface area contributed by atoms with Crippen LogP contribution in [0.2, 0.25) is 0 Å². The van der Waals surface area contributed by atoms with Crippen LogP contribution >= 0.6 is 0 Å². The number of methoxy groups -OCH3 is 1. The zero-order valence-corrected chi connectivity index (χ0v) is 8.46. The van der Waals surface area contributed by atoms with Crippen molar-refractivity contribution in [3.63, 3.8) is 0 Å². The van der Waals surface area contributed by atoms with Crippen molar-refractivity contribution in [2.24, 2.45) is 0 Å². The molecule has 3 nitrogen and oxygen atoms in total.